The molecule has 0 spiro atoms. The van der Waals surface area contributed by atoms with E-state index in [4.69, 9.17) is 9.47 Å². The Morgan fingerprint density at radius 3 is 2.92 bits per heavy atom. The van der Waals surface area contributed by atoms with Crippen molar-refractivity contribution >= 4 is 5.96 Å². The molecular weight excluding hydrogens is 318 g/mol. The van der Waals surface area contributed by atoms with Crippen LogP contribution in [-0.4, -0.2) is 68.6 Å². The average Bonchev–Trinajstić information content (AvgIpc) is 3.12. The molecule has 1 saturated heterocycles. The van der Waals surface area contributed by atoms with Crippen LogP contribution in [0.3, 0.4) is 0 Å². The Morgan fingerprint density at radius 1 is 1.44 bits per heavy atom. The van der Waals surface area contributed by atoms with Crippen LogP contribution in [0.15, 0.2) is 35.3 Å². The molecule has 0 radical (unpaired) electrons. The normalized spacial score (nSPS) is 19.0. The Bertz CT molecular complexity index is 504. The Labute approximate surface area is 150 Å². The zero-order chi connectivity index (χ0) is 17.9. The fourth-order valence-electron chi connectivity index (χ4n) is 2.80. The molecule has 1 fully saturated rings. The first-order chi connectivity index (χ1) is 12.2. The molecule has 0 aromatic heterocycles. The maximum atomic E-state index is 10.1. The molecule has 1 aliphatic rings. The van der Waals surface area contributed by atoms with E-state index >= 15 is 0 Å². The summed E-state index contributed by atoms with van der Waals surface area (Å²) in [6.07, 6.45) is 0.486. The molecule has 2 rings (SSSR count). The summed E-state index contributed by atoms with van der Waals surface area (Å²) in [4.78, 5) is 6.65. The van der Waals surface area contributed by atoms with Crippen molar-refractivity contribution in [3.8, 4) is 0 Å². The van der Waals surface area contributed by atoms with Gasteiger partial charge in [-0.2, -0.15) is 0 Å². The minimum absolute atomic E-state index is 0.276. The van der Waals surface area contributed by atoms with Gasteiger partial charge in [0.15, 0.2) is 5.96 Å². The van der Waals surface area contributed by atoms with Gasteiger partial charge in [0, 0.05) is 32.7 Å². The highest BCUT2D eigenvalue weighted by atomic mass is 16.5. The Kier molecular flexibility index (Phi) is 8.72. The third-order valence-corrected chi connectivity index (χ3v) is 4.13. The molecule has 0 aliphatic carbocycles. The van der Waals surface area contributed by atoms with Crippen molar-refractivity contribution in [2.75, 3.05) is 46.5 Å². The Balaban J connectivity index is 1.74. The third kappa shape index (κ3) is 7.42. The van der Waals surface area contributed by atoms with Crippen LogP contribution in [0.5, 0.6) is 0 Å². The predicted molar refractivity (Wildman–Crippen MR) is 99.6 cm³/mol. The molecule has 2 unspecified atom stereocenters. The number of nitrogens with zero attached hydrogens (tertiary/aromatic N) is 2. The predicted octanol–water partition coefficient (Wildman–Crippen LogP) is 1.50. The summed E-state index contributed by atoms with van der Waals surface area (Å²) in [7, 11) is 2.03. The average molecular weight is 349 g/mol. The van der Waals surface area contributed by atoms with E-state index in [0.717, 1.165) is 44.2 Å². The highest BCUT2D eigenvalue weighted by molar-refractivity contribution is 5.79. The topological polar surface area (TPSA) is 66.3 Å². The van der Waals surface area contributed by atoms with Crippen molar-refractivity contribution in [2.45, 2.75) is 26.1 Å². The van der Waals surface area contributed by atoms with Crippen molar-refractivity contribution in [2.24, 2.45) is 10.9 Å². The van der Waals surface area contributed by atoms with Crippen LogP contribution in [-0.2, 0) is 16.1 Å². The van der Waals surface area contributed by atoms with Gasteiger partial charge in [0.05, 0.1) is 32.5 Å². The molecule has 1 aromatic carbocycles. The highest BCUT2D eigenvalue weighted by Crippen LogP contribution is 2.13. The molecule has 140 valence electrons. The van der Waals surface area contributed by atoms with Gasteiger partial charge in [0.2, 0.25) is 0 Å². The number of nitrogens with one attached hydrogen (secondary N) is 1. The molecule has 1 aliphatic heterocycles. The number of aliphatic imine (C=N–C) groups is 1. The van der Waals surface area contributed by atoms with E-state index in [-0.39, 0.29) is 6.61 Å². The summed E-state index contributed by atoms with van der Waals surface area (Å²) in [5.74, 6) is 1.37. The van der Waals surface area contributed by atoms with Crippen molar-refractivity contribution in [3.05, 3.63) is 35.9 Å². The fourth-order valence-corrected chi connectivity index (χ4v) is 2.80. The quantitative estimate of drug-likeness (QED) is 0.522. The molecule has 2 N–H and O–H groups in total. The largest absolute Gasteiger partial charge is 0.389 e. The van der Waals surface area contributed by atoms with Crippen LogP contribution in [0.25, 0.3) is 0 Å². The monoisotopic (exact) mass is 349 g/mol. The van der Waals surface area contributed by atoms with Gasteiger partial charge in [0.1, 0.15) is 0 Å². The van der Waals surface area contributed by atoms with Crippen LogP contribution in [0.2, 0.25) is 0 Å². The van der Waals surface area contributed by atoms with Gasteiger partial charge in [-0.1, -0.05) is 30.3 Å². The third-order valence-electron chi connectivity index (χ3n) is 4.13. The van der Waals surface area contributed by atoms with Gasteiger partial charge in [-0.05, 0) is 18.9 Å². The Morgan fingerprint density at radius 2 is 2.24 bits per heavy atom. The van der Waals surface area contributed by atoms with Gasteiger partial charge >= 0.3 is 0 Å². The fraction of sp³-hybridized carbons (Fsp3) is 0.632. The van der Waals surface area contributed by atoms with Crippen LogP contribution < -0.4 is 5.32 Å². The van der Waals surface area contributed by atoms with E-state index in [2.05, 4.69) is 15.2 Å². The number of aliphatic hydroxyl groups excluding tert-OH is 1. The van der Waals surface area contributed by atoms with Crippen LogP contribution in [0, 0.1) is 5.92 Å². The van der Waals surface area contributed by atoms with E-state index in [1.165, 1.54) is 0 Å². The zero-order valence-electron chi connectivity index (χ0n) is 15.4. The van der Waals surface area contributed by atoms with E-state index < -0.39 is 6.10 Å². The molecule has 2 atom stereocenters. The van der Waals surface area contributed by atoms with E-state index in [9.17, 15) is 5.11 Å². The smallest absolute Gasteiger partial charge is 0.193 e. The van der Waals surface area contributed by atoms with E-state index in [0.29, 0.717) is 19.1 Å². The second kappa shape index (κ2) is 11.1. The molecule has 1 heterocycles. The van der Waals surface area contributed by atoms with Crippen LogP contribution in [0.1, 0.15) is 18.9 Å². The van der Waals surface area contributed by atoms with Gasteiger partial charge in [-0.15, -0.1) is 0 Å². The lowest BCUT2D eigenvalue weighted by atomic mass is 10.1. The lowest BCUT2D eigenvalue weighted by molar-refractivity contribution is 0.0330. The van der Waals surface area contributed by atoms with Gasteiger partial charge in [-0.3, -0.25) is 4.99 Å². The zero-order valence-corrected chi connectivity index (χ0v) is 15.4. The number of guanidine groups is 1. The summed E-state index contributed by atoms with van der Waals surface area (Å²) >= 11 is 0. The van der Waals surface area contributed by atoms with E-state index in [1.807, 2.05) is 44.3 Å². The summed E-state index contributed by atoms with van der Waals surface area (Å²) in [5.41, 5.74) is 1.10. The highest BCUT2D eigenvalue weighted by Gasteiger charge is 2.19. The first kappa shape index (κ1) is 19.7. The minimum atomic E-state index is -0.611. The van der Waals surface area contributed by atoms with Gasteiger partial charge in [0.25, 0.3) is 0 Å². The number of hydrogen-bond acceptors (Lipinski definition) is 4. The standard InChI is InChI=1S/C19H31N3O3/c1-3-20-19(22(2)12-17-9-10-24-14-17)21-11-18(23)15-25-13-16-7-5-4-6-8-16/h4-8,17-18,23H,3,9-15H2,1-2H3,(H,20,21). The minimum Gasteiger partial charge on any atom is -0.389 e. The molecular formula is C19H31N3O3. The lowest BCUT2D eigenvalue weighted by Gasteiger charge is -2.24. The number of benzene rings is 1. The second-order valence-corrected chi connectivity index (χ2v) is 6.46. The summed E-state index contributed by atoms with van der Waals surface area (Å²) in [6, 6.07) is 9.95. The summed E-state index contributed by atoms with van der Waals surface area (Å²) < 4.78 is 11.0. The van der Waals surface area contributed by atoms with Crippen LogP contribution >= 0.6 is 0 Å². The molecule has 0 amide bonds. The molecule has 25 heavy (non-hydrogen) atoms. The summed E-state index contributed by atoms with van der Waals surface area (Å²) in [5, 5.41) is 13.4. The SMILES string of the molecule is CCNC(=NCC(O)COCc1ccccc1)N(C)CC1CCOC1. The molecule has 6 heteroatoms. The van der Waals surface area contributed by atoms with Crippen molar-refractivity contribution < 1.29 is 14.6 Å². The molecule has 1 aromatic rings. The molecule has 0 bridgehead atoms. The maximum Gasteiger partial charge on any atom is 0.193 e. The van der Waals surface area contributed by atoms with Gasteiger partial charge in [-0.25, -0.2) is 0 Å². The van der Waals surface area contributed by atoms with Crippen molar-refractivity contribution in [1.29, 1.82) is 0 Å². The van der Waals surface area contributed by atoms with Gasteiger partial charge < -0.3 is 24.8 Å². The van der Waals surface area contributed by atoms with Crippen LogP contribution in [0.4, 0.5) is 0 Å². The molecule has 6 nitrogen and oxygen atoms in total. The number of ether oxygens (including phenoxy) is 2. The summed E-state index contributed by atoms with van der Waals surface area (Å²) in [6.45, 7) is 6.52. The van der Waals surface area contributed by atoms with E-state index in [1.54, 1.807) is 0 Å². The lowest BCUT2D eigenvalue weighted by Crippen LogP contribution is -2.42. The number of hydrogen-bond donors (Lipinski definition) is 2. The Hall–Kier alpha value is -1.63. The van der Waals surface area contributed by atoms with Crippen molar-refractivity contribution in [1.82, 2.24) is 10.2 Å². The van der Waals surface area contributed by atoms with Crippen molar-refractivity contribution in [3.63, 3.8) is 0 Å². The first-order valence-corrected chi connectivity index (χ1v) is 9.06. The number of rotatable bonds is 9. The molecule has 0 saturated carbocycles. The second-order valence-electron chi connectivity index (χ2n) is 6.46. The number of aliphatic hydroxyl groups is 1. The maximum absolute atomic E-state index is 10.1. The first-order valence-electron chi connectivity index (χ1n) is 9.06.